The normalized spacial score (nSPS) is 14.6. The minimum atomic E-state index is -4.79. The lowest BCUT2D eigenvalue weighted by molar-refractivity contribution is -0.274. The van der Waals surface area contributed by atoms with Crippen LogP contribution in [0.25, 0.3) is 0 Å². The third-order valence-electron chi connectivity index (χ3n) is 8.13. The number of benzene rings is 3. The van der Waals surface area contributed by atoms with Crippen LogP contribution in [0.3, 0.4) is 0 Å². The van der Waals surface area contributed by atoms with Crippen molar-refractivity contribution in [2.75, 3.05) is 42.7 Å². The zero-order valence-electron chi connectivity index (χ0n) is 25.8. The number of para-hydroxylation sites is 2. The van der Waals surface area contributed by atoms with Gasteiger partial charge in [-0.2, -0.15) is 0 Å². The van der Waals surface area contributed by atoms with E-state index in [4.69, 9.17) is 10.5 Å². The predicted molar refractivity (Wildman–Crippen MR) is 173 cm³/mol. The molecule has 4 N–H and O–H groups in total. The standard InChI is InChI=1S/C33H41F3N4O3.ClH/c1-21(2)26-18-24(37)19-27(22(3)4)30(26)39-31(41)38-20-32(23-9-8-10-25(17-23)42-5)13-15-40(16-14-32)28-11-6-7-12-29(28)43-33(34,35)36;/h6-12,17-19,21-22H,13-16,20,37H2,1-5H3,(H2,38,39,41);1H. The van der Waals surface area contributed by atoms with E-state index in [2.05, 4.69) is 43.1 Å². The van der Waals surface area contributed by atoms with Crippen molar-refractivity contribution >= 4 is 35.5 Å². The van der Waals surface area contributed by atoms with E-state index in [0.29, 0.717) is 49.6 Å². The Hall–Kier alpha value is -3.79. The first-order valence-corrected chi connectivity index (χ1v) is 14.5. The zero-order valence-corrected chi connectivity index (χ0v) is 26.6. The number of nitrogens with one attached hydrogen (secondary N) is 2. The molecular formula is C33H42ClF3N4O3. The van der Waals surface area contributed by atoms with Gasteiger partial charge < -0.3 is 30.7 Å². The molecule has 3 aromatic rings. The highest BCUT2D eigenvalue weighted by Gasteiger charge is 2.39. The van der Waals surface area contributed by atoms with Crippen molar-refractivity contribution in [1.29, 1.82) is 0 Å². The Balaban J connectivity index is 0.00000529. The van der Waals surface area contributed by atoms with Crippen molar-refractivity contribution in [3.05, 3.63) is 77.4 Å². The number of nitrogens with two attached hydrogens (primary N) is 1. The van der Waals surface area contributed by atoms with E-state index in [9.17, 15) is 18.0 Å². The van der Waals surface area contributed by atoms with Gasteiger partial charge >= 0.3 is 12.4 Å². The molecule has 1 heterocycles. The van der Waals surface area contributed by atoms with Crippen LogP contribution in [0.15, 0.2) is 60.7 Å². The quantitative estimate of drug-likeness (QED) is 0.207. The van der Waals surface area contributed by atoms with Crippen molar-refractivity contribution in [3.63, 3.8) is 0 Å². The zero-order chi connectivity index (χ0) is 31.4. The van der Waals surface area contributed by atoms with Gasteiger partial charge in [0, 0.05) is 36.4 Å². The van der Waals surface area contributed by atoms with Crippen LogP contribution in [-0.2, 0) is 5.41 Å². The van der Waals surface area contributed by atoms with Gasteiger partial charge in [-0.3, -0.25) is 0 Å². The molecule has 0 bridgehead atoms. The van der Waals surface area contributed by atoms with Crippen molar-refractivity contribution < 1.29 is 27.4 Å². The molecule has 0 unspecified atom stereocenters. The lowest BCUT2D eigenvalue weighted by Gasteiger charge is -2.43. The van der Waals surface area contributed by atoms with Crippen molar-refractivity contribution in [2.24, 2.45) is 0 Å². The van der Waals surface area contributed by atoms with E-state index in [1.54, 1.807) is 19.2 Å². The van der Waals surface area contributed by atoms with Crippen LogP contribution in [0.2, 0.25) is 0 Å². The second-order valence-corrected chi connectivity index (χ2v) is 11.7. The third kappa shape index (κ3) is 8.22. The van der Waals surface area contributed by atoms with Crippen LogP contribution in [0, 0.1) is 0 Å². The van der Waals surface area contributed by atoms with Crippen LogP contribution < -0.4 is 30.7 Å². The Kier molecular flexibility index (Phi) is 11.3. The van der Waals surface area contributed by atoms with Gasteiger partial charge in [0.05, 0.1) is 12.8 Å². The third-order valence-corrected chi connectivity index (χ3v) is 8.13. The number of anilines is 3. The lowest BCUT2D eigenvalue weighted by Crippen LogP contribution is -2.50. The molecule has 0 radical (unpaired) electrons. The van der Waals surface area contributed by atoms with Gasteiger partial charge in [0.25, 0.3) is 0 Å². The first-order chi connectivity index (χ1) is 20.3. The van der Waals surface area contributed by atoms with E-state index >= 15 is 0 Å². The molecule has 1 aliphatic heterocycles. The average molecular weight is 635 g/mol. The molecule has 11 heteroatoms. The Labute approximate surface area is 263 Å². The lowest BCUT2D eigenvalue weighted by atomic mass is 9.72. The van der Waals surface area contributed by atoms with Gasteiger partial charge in [-0.05, 0) is 77.8 Å². The number of ether oxygens (including phenoxy) is 2. The van der Waals surface area contributed by atoms with Gasteiger partial charge in [-0.1, -0.05) is 52.0 Å². The molecule has 0 atom stereocenters. The smallest absolute Gasteiger partial charge is 0.497 e. The maximum Gasteiger partial charge on any atom is 0.573 e. The molecular weight excluding hydrogens is 593 g/mol. The molecule has 0 aromatic heterocycles. The molecule has 7 nitrogen and oxygen atoms in total. The van der Waals surface area contributed by atoms with E-state index in [1.165, 1.54) is 12.1 Å². The highest BCUT2D eigenvalue weighted by Crippen LogP contribution is 2.41. The van der Waals surface area contributed by atoms with Gasteiger partial charge in [-0.15, -0.1) is 25.6 Å². The molecule has 0 saturated carbocycles. The highest BCUT2D eigenvalue weighted by molar-refractivity contribution is 5.92. The summed E-state index contributed by atoms with van der Waals surface area (Å²) in [7, 11) is 1.60. The van der Waals surface area contributed by atoms with Crippen LogP contribution in [0.1, 0.15) is 69.1 Å². The molecule has 0 aliphatic carbocycles. The Morgan fingerprint density at radius 2 is 1.59 bits per heavy atom. The summed E-state index contributed by atoms with van der Waals surface area (Å²) in [4.78, 5) is 15.3. The minimum Gasteiger partial charge on any atom is -0.497 e. The number of amides is 2. The van der Waals surface area contributed by atoms with Gasteiger partial charge in [-0.25, -0.2) is 4.79 Å². The van der Waals surface area contributed by atoms with Crippen LogP contribution in [0.4, 0.5) is 35.0 Å². The first-order valence-electron chi connectivity index (χ1n) is 14.5. The number of rotatable bonds is 9. The fraction of sp³-hybridized carbons (Fsp3) is 0.424. The van der Waals surface area contributed by atoms with Crippen molar-refractivity contribution in [3.8, 4) is 11.5 Å². The Morgan fingerprint density at radius 1 is 0.977 bits per heavy atom. The molecule has 4 rings (SSSR count). The maximum absolute atomic E-state index is 13.4. The summed E-state index contributed by atoms with van der Waals surface area (Å²) < 4.78 is 49.1. The fourth-order valence-corrected chi connectivity index (χ4v) is 5.80. The van der Waals surface area contributed by atoms with Gasteiger partial charge in [0.1, 0.15) is 5.75 Å². The number of hydrogen-bond donors (Lipinski definition) is 3. The predicted octanol–water partition coefficient (Wildman–Crippen LogP) is 8.20. The summed E-state index contributed by atoms with van der Waals surface area (Å²) in [5.41, 5.74) is 10.4. The second kappa shape index (κ2) is 14.3. The summed E-state index contributed by atoms with van der Waals surface area (Å²) in [6.45, 7) is 9.49. The maximum atomic E-state index is 13.4. The van der Waals surface area contributed by atoms with Gasteiger partial charge in [0.15, 0.2) is 5.75 Å². The number of piperidine rings is 1. The number of halogens is 4. The number of urea groups is 1. The van der Waals surface area contributed by atoms with E-state index < -0.39 is 11.8 Å². The van der Waals surface area contributed by atoms with E-state index in [-0.39, 0.29) is 36.0 Å². The SMILES string of the molecule is COc1cccc(C2(CNC(=O)Nc3c(C(C)C)cc(N)cc3C(C)C)CCN(c3ccccc3OC(F)(F)F)CC2)c1.Cl. The minimum absolute atomic E-state index is 0. The Bertz CT molecular complexity index is 1390. The summed E-state index contributed by atoms with van der Waals surface area (Å²) in [6, 6.07) is 17.4. The fourth-order valence-electron chi connectivity index (χ4n) is 5.80. The molecule has 44 heavy (non-hydrogen) atoms. The molecule has 1 fully saturated rings. The van der Waals surface area contributed by atoms with Crippen molar-refractivity contribution in [1.82, 2.24) is 5.32 Å². The number of carbonyl (C=O) groups is 1. The molecule has 0 spiro atoms. The van der Waals surface area contributed by atoms with E-state index in [0.717, 1.165) is 22.4 Å². The van der Waals surface area contributed by atoms with Crippen LogP contribution in [0.5, 0.6) is 11.5 Å². The topological polar surface area (TPSA) is 88.8 Å². The number of hydrogen-bond acceptors (Lipinski definition) is 5. The average Bonchev–Trinajstić information content (AvgIpc) is 2.96. The summed E-state index contributed by atoms with van der Waals surface area (Å²) in [5.74, 6) is 0.755. The molecule has 2 amide bonds. The number of carbonyl (C=O) groups excluding carboxylic acids is 1. The molecule has 240 valence electrons. The summed E-state index contributed by atoms with van der Waals surface area (Å²) in [5, 5.41) is 6.21. The van der Waals surface area contributed by atoms with Gasteiger partial charge in [0.2, 0.25) is 0 Å². The molecule has 3 aromatic carbocycles. The summed E-state index contributed by atoms with van der Waals surface area (Å²) in [6.07, 6.45) is -3.63. The Morgan fingerprint density at radius 3 is 2.16 bits per heavy atom. The number of nitrogen functional groups attached to an aromatic ring is 1. The number of alkyl halides is 3. The van der Waals surface area contributed by atoms with Crippen molar-refractivity contribution in [2.45, 2.75) is 64.1 Å². The van der Waals surface area contributed by atoms with Crippen LogP contribution in [-0.4, -0.2) is 39.1 Å². The monoisotopic (exact) mass is 634 g/mol. The van der Waals surface area contributed by atoms with E-state index in [1.807, 2.05) is 41.3 Å². The molecule has 1 aliphatic rings. The second-order valence-electron chi connectivity index (χ2n) is 11.7. The number of methoxy groups -OCH3 is 1. The summed E-state index contributed by atoms with van der Waals surface area (Å²) >= 11 is 0. The molecule has 1 saturated heterocycles. The highest BCUT2D eigenvalue weighted by atomic mass is 35.5. The number of nitrogens with zero attached hydrogens (tertiary/aromatic N) is 1. The first kappa shape index (κ1) is 34.7. The van der Waals surface area contributed by atoms with Crippen LogP contribution >= 0.6 is 12.4 Å². The largest absolute Gasteiger partial charge is 0.573 e.